The van der Waals surface area contributed by atoms with E-state index in [9.17, 15) is 9.59 Å². The van der Waals surface area contributed by atoms with Crippen molar-refractivity contribution in [3.8, 4) is 0 Å². The number of rotatable bonds is 7. The Morgan fingerprint density at radius 2 is 2.23 bits per heavy atom. The van der Waals surface area contributed by atoms with Gasteiger partial charge in [0.1, 0.15) is 16.4 Å². The van der Waals surface area contributed by atoms with Crippen LogP contribution in [-0.4, -0.2) is 25.7 Å². The highest BCUT2D eigenvalue weighted by molar-refractivity contribution is 8.00. The van der Waals surface area contributed by atoms with Crippen LogP contribution in [0.4, 0.5) is 5.82 Å². The number of carbonyl (C=O) groups excluding carboxylic acids is 1. The number of furan rings is 1. The van der Waals surface area contributed by atoms with Crippen LogP contribution in [-0.2, 0) is 17.8 Å². The van der Waals surface area contributed by atoms with E-state index in [-0.39, 0.29) is 18.0 Å². The van der Waals surface area contributed by atoms with Gasteiger partial charge in [-0.2, -0.15) is 0 Å². The molecule has 160 valence electrons. The number of aryl methyl sites for hydroxylation is 1. The molecule has 1 unspecified atom stereocenters. The molecule has 0 bridgehead atoms. The fourth-order valence-electron chi connectivity index (χ4n) is 2.90. The van der Waals surface area contributed by atoms with Gasteiger partial charge in [-0.1, -0.05) is 30.3 Å². The lowest BCUT2D eigenvalue weighted by atomic mass is 10.3. The lowest BCUT2D eigenvalue weighted by molar-refractivity contribution is -0.115. The Hall–Kier alpha value is -2.62. The first-order valence-electron chi connectivity index (χ1n) is 9.59. The van der Waals surface area contributed by atoms with Crippen molar-refractivity contribution < 1.29 is 9.21 Å². The van der Waals surface area contributed by atoms with Crippen LogP contribution < -0.4 is 10.9 Å². The van der Waals surface area contributed by atoms with E-state index in [2.05, 4.69) is 10.3 Å². The smallest absolute Gasteiger partial charge is 0.263 e. The van der Waals surface area contributed by atoms with Crippen molar-refractivity contribution in [1.29, 1.82) is 0 Å². The second-order valence-corrected chi connectivity index (χ2v) is 9.62. The van der Waals surface area contributed by atoms with Gasteiger partial charge in [0.25, 0.3) is 5.56 Å². The molecule has 0 fully saturated rings. The van der Waals surface area contributed by atoms with Crippen molar-refractivity contribution in [2.75, 3.05) is 5.32 Å². The first kappa shape index (κ1) is 21.6. The Bertz CT molecular complexity index is 1270. The summed E-state index contributed by atoms with van der Waals surface area (Å²) in [7, 11) is 0. The molecule has 4 aromatic rings. The maximum absolute atomic E-state index is 13.2. The quantitative estimate of drug-likeness (QED) is 0.305. The SMILES string of the molecule is CCc1cc2c(=O)n(Cc3ccco3)c(SC(C)C(=O)Nc3ccc(Cl)cn3)nc2s1. The Kier molecular flexibility index (Phi) is 6.45. The fourth-order valence-corrected chi connectivity index (χ4v) is 4.93. The highest BCUT2D eigenvalue weighted by atomic mass is 35.5. The Labute approximate surface area is 191 Å². The summed E-state index contributed by atoms with van der Waals surface area (Å²) < 4.78 is 6.99. The third-order valence-electron chi connectivity index (χ3n) is 4.54. The Balaban J connectivity index is 1.65. The van der Waals surface area contributed by atoms with E-state index in [1.54, 1.807) is 42.0 Å². The van der Waals surface area contributed by atoms with Crippen LogP contribution in [0.1, 0.15) is 24.5 Å². The third-order valence-corrected chi connectivity index (χ3v) is 7.03. The summed E-state index contributed by atoms with van der Waals surface area (Å²) in [5.74, 6) is 0.793. The number of amides is 1. The van der Waals surface area contributed by atoms with Crippen molar-refractivity contribution in [2.24, 2.45) is 0 Å². The molecular weight excluding hydrogens is 456 g/mol. The van der Waals surface area contributed by atoms with E-state index in [0.29, 0.717) is 32.0 Å². The van der Waals surface area contributed by atoms with Gasteiger partial charge in [0.15, 0.2) is 5.16 Å². The van der Waals surface area contributed by atoms with Crippen molar-refractivity contribution in [3.63, 3.8) is 0 Å². The first-order valence-corrected chi connectivity index (χ1v) is 11.7. The summed E-state index contributed by atoms with van der Waals surface area (Å²) in [6.45, 7) is 4.04. The number of nitrogens with one attached hydrogen (secondary N) is 1. The summed E-state index contributed by atoms with van der Waals surface area (Å²) >= 11 is 8.56. The zero-order valence-corrected chi connectivity index (χ0v) is 19.2. The molecule has 0 aliphatic carbocycles. The lowest BCUT2D eigenvalue weighted by Gasteiger charge is -2.15. The summed E-state index contributed by atoms with van der Waals surface area (Å²) in [4.78, 5) is 36.5. The Morgan fingerprint density at radius 3 is 2.90 bits per heavy atom. The summed E-state index contributed by atoms with van der Waals surface area (Å²) in [5, 5.41) is 3.78. The predicted octanol–water partition coefficient (Wildman–Crippen LogP) is 4.83. The number of hydrogen-bond acceptors (Lipinski definition) is 7. The number of thiophene rings is 1. The zero-order valence-electron chi connectivity index (χ0n) is 16.8. The van der Waals surface area contributed by atoms with Crippen molar-refractivity contribution >= 4 is 56.6 Å². The van der Waals surface area contributed by atoms with Gasteiger partial charge in [-0.15, -0.1) is 11.3 Å². The predicted molar refractivity (Wildman–Crippen MR) is 124 cm³/mol. The second-order valence-electron chi connectivity index (χ2n) is 6.76. The molecule has 0 aliphatic heterocycles. The van der Waals surface area contributed by atoms with E-state index < -0.39 is 5.25 Å². The van der Waals surface area contributed by atoms with E-state index in [4.69, 9.17) is 21.0 Å². The van der Waals surface area contributed by atoms with Crippen LogP contribution in [0.3, 0.4) is 0 Å². The van der Waals surface area contributed by atoms with Gasteiger partial charge >= 0.3 is 0 Å². The van der Waals surface area contributed by atoms with Crippen LogP contribution >= 0.6 is 34.7 Å². The molecule has 4 aromatic heterocycles. The van der Waals surface area contributed by atoms with Crippen molar-refractivity contribution in [1.82, 2.24) is 14.5 Å². The van der Waals surface area contributed by atoms with Crippen molar-refractivity contribution in [3.05, 3.63) is 68.8 Å². The fraction of sp³-hybridized carbons (Fsp3) is 0.238. The van der Waals surface area contributed by atoms with Gasteiger partial charge < -0.3 is 9.73 Å². The minimum absolute atomic E-state index is 0.146. The number of aromatic nitrogens is 3. The third kappa shape index (κ3) is 4.84. The van der Waals surface area contributed by atoms with E-state index in [1.807, 2.05) is 13.0 Å². The monoisotopic (exact) mass is 474 g/mol. The number of pyridine rings is 1. The number of hydrogen-bond donors (Lipinski definition) is 1. The van der Waals surface area contributed by atoms with Crippen molar-refractivity contribution in [2.45, 2.75) is 37.2 Å². The number of carbonyl (C=O) groups is 1. The second kappa shape index (κ2) is 9.25. The van der Waals surface area contributed by atoms with E-state index >= 15 is 0 Å². The van der Waals surface area contributed by atoms with E-state index in [0.717, 1.165) is 11.3 Å². The van der Waals surface area contributed by atoms with Crippen LogP contribution in [0.5, 0.6) is 0 Å². The number of halogens is 1. The number of thioether (sulfide) groups is 1. The maximum Gasteiger partial charge on any atom is 0.263 e. The van der Waals surface area contributed by atoms with Gasteiger partial charge in [0.2, 0.25) is 5.91 Å². The van der Waals surface area contributed by atoms with Gasteiger partial charge in [-0.3, -0.25) is 14.2 Å². The molecule has 31 heavy (non-hydrogen) atoms. The minimum atomic E-state index is -0.518. The molecule has 0 aliphatic rings. The van der Waals surface area contributed by atoms with Gasteiger partial charge in [0, 0.05) is 11.1 Å². The van der Waals surface area contributed by atoms with Crippen LogP contribution in [0.2, 0.25) is 5.02 Å². The number of anilines is 1. The minimum Gasteiger partial charge on any atom is -0.467 e. The van der Waals surface area contributed by atoms with Crippen LogP contribution in [0.25, 0.3) is 10.2 Å². The zero-order chi connectivity index (χ0) is 22.0. The normalized spacial score (nSPS) is 12.2. The van der Waals surface area contributed by atoms with Crippen LogP contribution in [0.15, 0.2) is 57.2 Å². The molecule has 0 saturated heterocycles. The molecule has 0 radical (unpaired) electrons. The average Bonchev–Trinajstić information content (AvgIpc) is 3.42. The lowest BCUT2D eigenvalue weighted by Crippen LogP contribution is -2.27. The summed E-state index contributed by atoms with van der Waals surface area (Å²) in [6.07, 6.45) is 3.86. The molecule has 10 heteroatoms. The molecule has 4 heterocycles. The summed E-state index contributed by atoms with van der Waals surface area (Å²) in [6, 6.07) is 8.75. The Morgan fingerprint density at radius 1 is 1.39 bits per heavy atom. The van der Waals surface area contributed by atoms with Gasteiger partial charge in [-0.25, -0.2) is 9.97 Å². The molecule has 0 saturated carbocycles. The molecule has 1 N–H and O–H groups in total. The average molecular weight is 475 g/mol. The molecule has 0 spiro atoms. The van der Waals surface area contributed by atoms with Crippen LogP contribution in [0, 0.1) is 0 Å². The first-order chi connectivity index (χ1) is 14.9. The molecule has 4 rings (SSSR count). The number of fused-ring (bicyclic) bond motifs is 1. The van der Waals surface area contributed by atoms with Gasteiger partial charge in [-0.05, 0) is 43.7 Å². The van der Waals surface area contributed by atoms with Gasteiger partial charge in [0.05, 0.1) is 28.5 Å². The van der Waals surface area contributed by atoms with E-state index in [1.165, 1.54) is 29.3 Å². The molecule has 0 aromatic carbocycles. The standard InChI is InChI=1S/C21H19ClN4O3S2/c1-3-15-9-16-19(31-15)25-21(26(20(16)28)11-14-5-4-8-29-14)30-12(2)18(27)24-17-7-6-13(22)10-23-17/h4-10,12H,3,11H2,1-2H3,(H,23,24,27). The maximum atomic E-state index is 13.2. The summed E-state index contributed by atoms with van der Waals surface area (Å²) in [5.41, 5.74) is -0.146. The highest BCUT2D eigenvalue weighted by Crippen LogP contribution is 2.28. The molecular formula is C21H19ClN4O3S2. The molecule has 1 amide bonds. The highest BCUT2D eigenvalue weighted by Gasteiger charge is 2.21. The number of nitrogens with zero attached hydrogens (tertiary/aromatic N) is 3. The molecule has 1 atom stereocenters. The molecule has 7 nitrogen and oxygen atoms in total. The largest absolute Gasteiger partial charge is 0.467 e. The topological polar surface area (TPSA) is 90.0 Å².